The van der Waals surface area contributed by atoms with E-state index in [-0.39, 0.29) is 29.6 Å². The molecule has 3 fully saturated rings. The molecule has 1 spiro atoms. The van der Waals surface area contributed by atoms with Crippen molar-refractivity contribution in [2.45, 2.75) is 68.0 Å². The smallest absolute Gasteiger partial charge is 0.247 e. The van der Waals surface area contributed by atoms with Gasteiger partial charge in [0, 0.05) is 43.7 Å². The zero-order valence-electron chi connectivity index (χ0n) is 26.9. The number of hydrogen-bond acceptors (Lipinski definition) is 6. The third-order valence-electron chi connectivity index (χ3n) is 9.54. The summed E-state index contributed by atoms with van der Waals surface area (Å²) in [6, 6.07) is 16.7. The van der Waals surface area contributed by atoms with Crippen molar-refractivity contribution in [3.05, 3.63) is 85.5 Å². The molecule has 3 amide bonds. The number of benzene rings is 2. The van der Waals surface area contributed by atoms with Gasteiger partial charge in [0.2, 0.25) is 17.7 Å². The summed E-state index contributed by atoms with van der Waals surface area (Å²) in [7, 11) is 0. The Morgan fingerprint density at radius 2 is 1.74 bits per heavy atom. The number of ether oxygens (including phenoxy) is 1. The summed E-state index contributed by atoms with van der Waals surface area (Å²) in [6.07, 6.45) is 8.11. The molecule has 2 unspecified atom stereocenters. The Balaban J connectivity index is 1.47. The lowest BCUT2D eigenvalue weighted by Crippen LogP contribution is -2.55. The van der Waals surface area contributed by atoms with E-state index in [0.29, 0.717) is 39.2 Å². The Morgan fingerprint density at radius 1 is 1.02 bits per heavy atom. The lowest BCUT2D eigenvalue weighted by atomic mass is 9.70. The molecule has 2 aromatic rings. The molecule has 1 N–H and O–H groups in total. The molecule has 246 valence electrons. The first-order chi connectivity index (χ1) is 22.4. The van der Waals surface area contributed by atoms with E-state index in [9.17, 15) is 19.5 Å². The van der Waals surface area contributed by atoms with Crippen LogP contribution < -0.4 is 9.64 Å². The van der Waals surface area contributed by atoms with E-state index in [1.54, 1.807) is 33.7 Å². The maximum absolute atomic E-state index is 14.7. The Bertz CT molecular complexity index is 1390. The van der Waals surface area contributed by atoms with Gasteiger partial charge in [-0.15, -0.1) is 24.9 Å². The average Bonchev–Trinajstić information content (AvgIpc) is 3.71. The zero-order valence-corrected chi connectivity index (χ0v) is 27.7. The molecular formula is C37H47N3O5S. The summed E-state index contributed by atoms with van der Waals surface area (Å²) < 4.78 is 4.95. The van der Waals surface area contributed by atoms with Crippen molar-refractivity contribution in [3.8, 4) is 5.75 Å². The van der Waals surface area contributed by atoms with Crippen LogP contribution in [0.15, 0.2) is 79.9 Å². The van der Waals surface area contributed by atoms with Crippen molar-refractivity contribution < 1.29 is 24.2 Å². The molecule has 5 rings (SSSR count). The first-order valence-electron chi connectivity index (χ1n) is 16.6. The molecule has 3 aliphatic heterocycles. The predicted molar refractivity (Wildman–Crippen MR) is 184 cm³/mol. The number of aliphatic hydroxyl groups is 1. The quantitative estimate of drug-likeness (QED) is 0.182. The topological polar surface area (TPSA) is 90.4 Å². The summed E-state index contributed by atoms with van der Waals surface area (Å²) in [4.78, 5) is 49.1. The summed E-state index contributed by atoms with van der Waals surface area (Å²) in [5.74, 6) is -0.637. The van der Waals surface area contributed by atoms with Crippen molar-refractivity contribution in [1.29, 1.82) is 0 Å². The molecule has 0 saturated carbocycles. The number of unbranched alkanes of at least 4 members (excludes halogenated alkanes) is 3. The van der Waals surface area contributed by atoms with Gasteiger partial charge in [-0.25, -0.2) is 0 Å². The highest BCUT2D eigenvalue weighted by atomic mass is 32.2. The number of fused-ring (bicyclic) bond motifs is 1. The van der Waals surface area contributed by atoms with E-state index >= 15 is 0 Å². The Hall–Kier alpha value is -3.56. The lowest BCUT2D eigenvalue weighted by Gasteiger charge is -2.37. The van der Waals surface area contributed by atoms with Crippen molar-refractivity contribution in [3.63, 3.8) is 0 Å². The molecule has 3 heterocycles. The standard InChI is InChI=1S/C37H47N3O5S/c1-4-22-38(26-27-14-10-9-11-15-27)36(44)33-37-21-20-30(46-37)31(32(37)35(43)40(33)24-12-7-8-13-25-41)34(42)39(23-5-2)28-16-18-29(19-17-28)45-6-3/h4-5,9-11,14-19,30-33,41H,1-2,6-8,12-13,20-26H2,3H3/t30-,31+,32-,33?,37?/m0/s1. The maximum atomic E-state index is 14.7. The molecule has 9 heteroatoms. The van der Waals surface area contributed by atoms with E-state index in [1.165, 1.54) is 0 Å². The predicted octanol–water partition coefficient (Wildman–Crippen LogP) is 5.46. The average molecular weight is 646 g/mol. The number of rotatable bonds is 17. The van der Waals surface area contributed by atoms with Crippen molar-refractivity contribution in [2.75, 3.05) is 37.7 Å². The van der Waals surface area contributed by atoms with Crippen LogP contribution in [0.25, 0.3) is 0 Å². The fraction of sp³-hybridized carbons (Fsp3) is 0.486. The lowest BCUT2D eigenvalue weighted by molar-refractivity contribution is -0.143. The van der Waals surface area contributed by atoms with E-state index < -0.39 is 22.6 Å². The van der Waals surface area contributed by atoms with Gasteiger partial charge in [0.15, 0.2) is 0 Å². The summed E-state index contributed by atoms with van der Waals surface area (Å²) in [6.45, 7) is 12.0. The van der Waals surface area contributed by atoms with Gasteiger partial charge in [-0.05, 0) is 62.4 Å². The maximum Gasteiger partial charge on any atom is 0.247 e. The number of aliphatic hydroxyl groups excluding tert-OH is 1. The molecule has 0 radical (unpaired) electrons. The van der Waals surface area contributed by atoms with Crippen LogP contribution >= 0.6 is 11.8 Å². The van der Waals surface area contributed by atoms with E-state index in [1.807, 2.05) is 66.4 Å². The van der Waals surface area contributed by atoms with Crippen molar-refractivity contribution in [2.24, 2.45) is 11.8 Å². The molecule has 8 nitrogen and oxygen atoms in total. The summed E-state index contributed by atoms with van der Waals surface area (Å²) >= 11 is 1.70. The first kappa shape index (κ1) is 33.8. The minimum absolute atomic E-state index is 0.0413. The fourth-order valence-corrected chi connectivity index (χ4v) is 9.79. The summed E-state index contributed by atoms with van der Waals surface area (Å²) in [5.41, 5.74) is 1.74. The second-order valence-corrected chi connectivity index (χ2v) is 14.0. The molecule has 3 saturated heterocycles. The van der Waals surface area contributed by atoms with Crippen LogP contribution in [0, 0.1) is 11.8 Å². The molecular weight excluding hydrogens is 598 g/mol. The van der Waals surface area contributed by atoms with Gasteiger partial charge < -0.3 is 24.5 Å². The number of amides is 3. The molecule has 0 aromatic heterocycles. The highest BCUT2D eigenvalue weighted by molar-refractivity contribution is 8.02. The van der Waals surface area contributed by atoms with Crippen molar-refractivity contribution in [1.82, 2.24) is 9.80 Å². The molecule has 5 atom stereocenters. The summed E-state index contributed by atoms with van der Waals surface area (Å²) in [5, 5.41) is 9.22. The third-order valence-corrected chi connectivity index (χ3v) is 11.5. The van der Waals surface area contributed by atoms with Gasteiger partial charge in [-0.3, -0.25) is 14.4 Å². The largest absolute Gasteiger partial charge is 0.494 e. The molecule has 2 bridgehead atoms. The second-order valence-electron chi connectivity index (χ2n) is 12.4. The molecule has 3 aliphatic rings. The van der Waals surface area contributed by atoms with Crippen LogP contribution in [0.2, 0.25) is 0 Å². The van der Waals surface area contributed by atoms with Gasteiger partial charge >= 0.3 is 0 Å². The van der Waals surface area contributed by atoms with Crippen LogP contribution in [0.4, 0.5) is 5.69 Å². The van der Waals surface area contributed by atoms with Crippen LogP contribution in [0.1, 0.15) is 51.0 Å². The van der Waals surface area contributed by atoms with E-state index in [4.69, 9.17) is 4.74 Å². The second kappa shape index (κ2) is 15.4. The monoisotopic (exact) mass is 645 g/mol. The van der Waals surface area contributed by atoms with Gasteiger partial charge in [0.05, 0.1) is 23.2 Å². The third kappa shape index (κ3) is 6.63. The number of anilines is 1. The Kier molecular flexibility index (Phi) is 11.3. The van der Waals surface area contributed by atoms with Crippen LogP contribution in [-0.4, -0.2) is 81.5 Å². The number of nitrogens with zero attached hydrogens (tertiary/aromatic N) is 3. The SMILES string of the molecule is C=CCN(Cc1ccccc1)C(=O)C1N(CCCCCCO)C(=O)[C@@H]2[C@H](C(=O)N(CC=C)c3ccc(OCC)cc3)[C@@H]3CCC12S3. The number of carbonyl (C=O) groups excluding carboxylic acids is 3. The zero-order chi connectivity index (χ0) is 32.7. The van der Waals surface area contributed by atoms with E-state index in [2.05, 4.69) is 13.2 Å². The van der Waals surface area contributed by atoms with Gasteiger partial charge in [-0.2, -0.15) is 0 Å². The van der Waals surface area contributed by atoms with Gasteiger partial charge in [0.25, 0.3) is 0 Å². The number of thioether (sulfide) groups is 1. The van der Waals surface area contributed by atoms with E-state index in [0.717, 1.165) is 49.1 Å². The minimum atomic E-state index is -0.668. The minimum Gasteiger partial charge on any atom is -0.494 e. The highest BCUT2D eigenvalue weighted by Crippen LogP contribution is 2.66. The first-order valence-corrected chi connectivity index (χ1v) is 17.5. The number of likely N-dealkylation sites (tertiary alicyclic amines) is 1. The fourth-order valence-electron chi connectivity index (χ4n) is 7.59. The number of hydrogen-bond donors (Lipinski definition) is 1. The van der Waals surface area contributed by atoms with Crippen LogP contribution in [0.5, 0.6) is 5.75 Å². The Morgan fingerprint density at radius 3 is 2.41 bits per heavy atom. The molecule has 2 aromatic carbocycles. The highest BCUT2D eigenvalue weighted by Gasteiger charge is 2.74. The Labute approximate surface area is 277 Å². The number of carbonyl (C=O) groups is 3. The normalized spacial score (nSPS) is 24.5. The van der Waals surface area contributed by atoms with Crippen molar-refractivity contribution >= 4 is 35.2 Å². The van der Waals surface area contributed by atoms with Gasteiger partial charge in [-0.1, -0.05) is 55.3 Å². The molecule has 0 aliphatic carbocycles. The van der Waals surface area contributed by atoms with Gasteiger partial charge in [0.1, 0.15) is 11.8 Å². The van der Waals surface area contributed by atoms with Crippen LogP contribution in [-0.2, 0) is 20.9 Å². The molecule has 46 heavy (non-hydrogen) atoms. The van der Waals surface area contributed by atoms with Crippen LogP contribution in [0.3, 0.4) is 0 Å².